The molecule has 1 N–H and O–H groups in total. The van der Waals surface area contributed by atoms with Gasteiger partial charge in [-0.15, -0.1) is 0 Å². The summed E-state index contributed by atoms with van der Waals surface area (Å²) in [6.45, 7) is 0.458. The van der Waals surface area contributed by atoms with Gasteiger partial charge in [0.05, 0.1) is 21.3 Å². The zero-order valence-corrected chi connectivity index (χ0v) is 16.6. The van der Waals surface area contributed by atoms with Gasteiger partial charge in [-0.1, -0.05) is 22.6 Å². The van der Waals surface area contributed by atoms with Crippen LogP contribution < -0.4 is 14.2 Å². The van der Waals surface area contributed by atoms with Crippen molar-refractivity contribution in [3.63, 3.8) is 0 Å². The van der Waals surface area contributed by atoms with Crippen molar-refractivity contribution in [1.29, 1.82) is 0 Å². The van der Waals surface area contributed by atoms with E-state index in [-0.39, 0.29) is 5.91 Å². The number of rotatable bonds is 6. The molecule has 0 bridgehead atoms. The minimum atomic E-state index is -0.957. The standard InChI is InChI=1S/C17H22INO6/c1-23-12-8-10(9-13(24-2)15(12)25-3)14(18)16(20)19-7-5-4-6-11(19)17(21)22/h8-9,11,14H,4-7H2,1-3H3,(H,21,22)/t11-,14-/m0/s1. The molecular weight excluding hydrogens is 441 g/mol. The molecule has 1 aromatic rings. The van der Waals surface area contributed by atoms with Crippen LogP contribution in [0.4, 0.5) is 0 Å². The molecule has 0 aromatic heterocycles. The molecule has 1 aromatic carbocycles. The number of benzene rings is 1. The zero-order valence-electron chi connectivity index (χ0n) is 14.5. The summed E-state index contributed by atoms with van der Waals surface area (Å²) >= 11 is 2.02. The maximum Gasteiger partial charge on any atom is 0.326 e. The van der Waals surface area contributed by atoms with Gasteiger partial charge in [-0.3, -0.25) is 4.79 Å². The molecule has 1 amide bonds. The lowest BCUT2D eigenvalue weighted by molar-refractivity contribution is -0.151. The third-order valence-electron chi connectivity index (χ3n) is 4.27. The Morgan fingerprint density at radius 1 is 1.16 bits per heavy atom. The first-order valence-corrected chi connectivity index (χ1v) is 9.16. The molecule has 0 radical (unpaired) electrons. The largest absolute Gasteiger partial charge is 0.493 e. The Hall–Kier alpha value is -1.71. The Morgan fingerprint density at radius 2 is 1.76 bits per heavy atom. The Labute approximate surface area is 160 Å². The van der Waals surface area contributed by atoms with Gasteiger partial charge < -0.3 is 24.2 Å². The second-order valence-electron chi connectivity index (χ2n) is 5.70. The lowest BCUT2D eigenvalue weighted by Crippen LogP contribution is -2.49. The normalized spacial score (nSPS) is 18.4. The lowest BCUT2D eigenvalue weighted by atomic mass is 10.0. The van der Waals surface area contributed by atoms with Crippen molar-refractivity contribution in [2.45, 2.75) is 29.2 Å². The summed E-state index contributed by atoms with van der Waals surface area (Å²) in [5.74, 6) is 0.189. The fourth-order valence-electron chi connectivity index (χ4n) is 2.99. The van der Waals surface area contributed by atoms with Crippen molar-refractivity contribution in [1.82, 2.24) is 4.90 Å². The molecule has 1 aliphatic rings. The summed E-state index contributed by atoms with van der Waals surface area (Å²) in [7, 11) is 4.53. The number of carbonyl (C=O) groups is 2. The van der Waals surface area contributed by atoms with E-state index in [9.17, 15) is 14.7 Å². The summed E-state index contributed by atoms with van der Waals surface area (Å²) in [6.07, 6.45) is 2.12. The number of nitrogens with zero attached hydrogens (tertiary/aromatic N) is 1. The molecule has 7 nitrogen and oxygen atoms in total. The van der Waals surface area contributed by atoms with E-state index in [0.29, 0.717) is 35.8 Å². The average molecular weight is 463 g/mol. The summed E-state index contributed by atoms with van der Waals surface area (Å²) in [5, 5.41) is 9.39. The zero-order chi connectivity index (χ0) is 18.6. The van der Waals surface area contributed by atoms with E-state index >= 15 is 0 Å². The summed E-state index contributed by atoms with van der Waals surface area (Å²) in [4.78, 5) is 25.8. The quantitative estimate of drug-likeness (QED) is 0.516. The number of piperidine rings is 1. The van der Waals surface area contributed by atoms with Crippen LogP contribution in [0.2, 0.25) is 0 Å². The Kier molecular flexibility index (Phi) is 6.74. The van der Waals surface area contributed by atoms with Crippen LogP contribution in [0.5, 0.6) is 17.2 Å². The van der Waals surface area contributed by atoms with E-state index in [1.807, 2.05) is 22.6 Å². The number of carboxylic acid groups (broad SMARTS) is 1. The van der Waals surface area contributed by atoms with Crippen LogP contribution in [0.15, 0.2) is 12.1 Å². The predicted molar refractivity (Wildman–Crippen MR) is 99.8 cm³/mol. The number of halogens is 1. The highest BCUT2D eigenvalue weighted by atomic mass is 127. The Bertz CT molecular complexity index is 625. The van der Waals surface area contributed by atoms with Crippen LogP contribution in [0.1, 0.15) is 28.8 Å². The van der Waals surface area contributed by atoms with Crippen molar-refractivity contribution >= 4 is 34.5 Å². The molecule has 0 saturated carbocycles. The van der Waals surface area contributed by atoms with Gasteiger partial charge >= 0.3 is 5.97 Å². The molecule has 2 rings (SSSR count). The molecule has 1 saturated heterocycles. The van der Waals surface area contributed by atoms with Gasteiger partial charge in [-0.05, 0) is 37.0 Å². The van der Waals surface area contributed by atoms with Crippen LogP contribution in [0.3, 0.4) is 0 Å². The highest BCUT2D eigenvalue weighted by molar-refractivity contribution is 14.1. The number of amides is 1. The van der Waals surface area contributed by atoms with Gasteiger partial charge in [0.15, 0.2) is 11.5 Å². The van der Waals surface area contributed by atoms with E-state index < -0.39 is 15.9 Å². The minimum absolute atomic E-state index is 0.220. The molecule has 25 heavy (non-hydrogen) atoms. The van der Waals surface area contributed by atoms with E-state index in [1.165, 1.54) is 26.2 Å². The first-order valence-electron chi connectivity index (χ1n) is 7.91. The van der Waals surface area contributed by atoms with E-state index in [2.05, 4.69) is 0 Å². The van der Waals surface area contributed by atoms with Gasteiger partial charge in [-0.2, -0.15) is 0 Å². The number of carbonyl (C=O) groups excluding carboxylic acids is 1. The van der Waals surface area contributed by atoms with Gasteiger partial charge in [-0.25, -0.2) is 4.79 Å². The van der Waals surface area contributed by atoms with Crippen LogP contribution >= 0.6 is 22.6 Å². The van der Waals surface area contributed by atoms with Gasteiger partial charge in [0.25, 0.3) is 0 Å². The third kappa shape index (κ3) is 4.10. The fraction of sp³-hybridized carbons (Fsp3) is 0.529. The Morgan fingerprint density at radius 3 is 2.24 bits per heavy atom. The number of likely N-dealkylation sites (tertiary alicyclic amines) is 1. The number of hydrogen-bond donors (Lipinski definition) is 1. The smallest absolute Gasteiger partial charge is 0.326 e. The van der Waals surface area contributed by atoms with Crippen molar-refractivity contribution < 1.29 is 28.9 Å². The highest BCUT2D eigenvalue weighted by Crippen LogP contribution is 2.42. The number of aliphatic carboxylic acids is 1. The van der Waals surface area contributed by atoms with Gasteiger partial charge in [0.2, 0.25) is 11.7 Å². The average Bonchev–Trinajstić information content (AvgIpc) is 2.65. The van der Waals surface area contributed by atoms with E-state index in [4.69, 9.17) is 14.2 Å². The summed E-state index contributed by atoms with van der Waals surface area (Å²) < 4.78 is 15.4. The molecule has 2 atom stereocenters. The first-order chi connectivity index (χ1) is 11.9. The number of methoxy groups -OCH3 is 3. The summed E-state index contributed by atoms with van der Waals surface area (Å²) in [5.41, 5.74) is 0.676. The first kappa shape index (κ1) is 19.6. The second kappa shape index (κ2) is 8.59. The molecule has 1 fully saturated rings. The maximum absolute atomic E-state index is 12.9. The predicted octanol–water partition coefficient (Wildman–Crippen LogP) is 2.65. The van der Waals surface area contributed by atoms with Crippen LogP contribution in [0, 0.1) is 0 Å². The Balaban J connectivity index is 2.34. The SMILES string of the molecule is COc1cc([C@H](I)C(=O)N2CCCC[C@H]2C(=O)O)cc(OC)c1OC. The van der Waals surface area contributed by atoms with E-state index in [0.717, 1.165) is 12.8 Å². The number of hydrogen-bond acceptors (Lipinski definition) is 5. The lowest BCUT2D eigenvalue weighted by Gasteiger charge is -2.34. The van der Waals surface area contributed by atoms with E-state index in [1.54, 1.807) is 12.1 Å². The number of ether oxygens (including phenoxy) is 3. The van der Waals surface area contributed by atoms with Gasteiger partial charge in [0, 0.05) is 6.54 Å². The van der Waals surface area contributed by atoms with Crippen molar-refractivity contribution in [2.75, 3.05) is 27.9 Å². The summed E-state index contributed by atoms with van der Waals surface area (Å²) in [6, 6.07) is 2.67. The number of alkyl halides is 1. The molecule has 0 spiro atoms. The minimum Gasteiger partial charge on any atom is -0.493 e. The maximum atomic E-state index is 12.9. The molecule has 1 heterocycles. The molecule has 138 valence electrons. The molecular formula is C17H22INO6. The second-order valence-corrected chi connectivity index (χ2v) is 6.95. The van der Waals surface area contributed by atoms with Crippen molar-refractivity contribution in [2.24, 2.45) is 0 Å². The monoisotopic (exact) mass is 463 g/mol. The molecule has 8 heteroatoms. The van der Waals surface area contributed by atoms with Gasteiger partial charge in [0.1, 0.15) is 9.97 Å². The van der Waals surface area contributed by atoms with Crippen LogP contribution in [-0.2, 0) is 9.59 Å². The van der Waals surface area contributed by atoms with Crippen molar-refractivity contribution in [3.05, 3.63) is 17.7 Å². The topological polar surface area (TPSA) is 85.3 Å². The number of carboxylic acids is 1. The third-order valence-corrected chi connectivity index (χ3v) is 5.52. The molecule has 1 aliphatic heterocycles. The fourth-order valence-corrected chi connectivity index (χ4v) is 3.71. The van der Waals surface area contributed by atoms with Crippen LogP contribution in [0.25, 0.3) is 0 Å². The highest BCUT2D eigenvalue weighted by Gasteiger charge is 2.35. The molecule has 0 unspecified atom stereocenters. The van der Waals surface area contributed by atoms with Crippen LogP contribution in [-0.4, -0.2) is 55.8 Å². The molecule has 0 aliphatic carbocycles. The van der Waals surface area contributed by atoms with Crippen molar-refractivity contribution in [3.8, 4) is 17.2 Å².